The maximum absolute atomic E-state index is 6.07. The molecule has 1 heterocycles. The minimum atomic E-state index is 0.182. The molecule has 0 aromatic heterocycles. The Balaban J connectivity index is 2.17. The van der Waals surface area contributed by atoms with E-state index in [1.807, 2.05) is 18.2 Å². The van der Waals surface area contributed by atoms with Crippen LogP contribution >= 0.6 is 23.2 Å². The predicted octanol–water partition coefficient (Wildman–Crippen LogP) is 2.72. The van der Waals surface area contributed by atoms with Crippen molar-refractivity contribution < 1.29 is 4.74 Å². The van der Waals surface area contributed by atoms with Crippen LogP contribution in [0.25, 0.3) is 0 Å². The zero-order chi connectivity index (χ0) is 13.0. The molecule has 2 rings (SSSR count). The largest absolute Gasteiger partial charge is 0.380 e. The van der Waals surface area contributed by atoms with E-state index in [0.29, 0.717) is 16.6 Å². The van der Waals surface area contributed by atoms with E-state index in [1.54, 1.807) is 0 Å². The third kappa shape index (κ3) is 3.37. The minimum absolute atomic E-state index is 0.182. The highest BCUT2D eigenvalue weighted by Gasteiger charge is 2.20. The summed E-state index contributed by atoms with van der Waals surface area (Å²) in [6.45, 7) is 4.06. The molecule has 0 spiro atoms. The lowest BCUT2D eigenvalue weighted by molar-refractivity contribution is 0.132. The average Bonchev–Trinajstić information content (AvgIpc) is 2.64. The Morgan fingerprint density at radius 1 is 1.22 bits per heavy atom. The molecule has 0 bridgehead atoms. The summed E-state index contributed by atoms with van der Waals surface area (Å²) in [5, 5.41) is 1.16. The molecule has 18 heavy (non-hydrogen) atoms. The molecular formula is C13H18Cl2N2O. The van der Waals surface area contributed by atoms with E-state index >= 15 is 0 Å². The quantitative estimate of drug-likeness (QED) is 0.930. The second kappa shape index (κ2) is 6.73. The molecule has 1 aromatic carbocycles. The van der Waals surface area contributed by atoms with Gasteiger partial charge in [0, 0.05) is 32.3 Å². The standard InChI is InChI=1S/C13H18Cl2N2O/c14-11-3-2-10(8-12(11)15)13(9-16)17-4-1-6-18-7-5-17/h2-3,8,13H,1,4-7,9,16H2. The van der Waals surface area contributed by atoms with Crippen molar-refractivity contribution in [3.05, 3.63) is 33.8 Å². The molecule has 0 aliphatic carbocycles. The van der Waals surface area contributed by atoms with E-state index in [-0.39, 0.29) is 6.04 Å². The van der Waals surface area contributed by atoms with Crippen LogP contribution in [0.2, 0.25) is 10.0 Å². The van der Waals surface area contributed by atoms with E-state index in [2.05, 4.69) is 4.90 Å². The molecule has 0 amide bonds. The van der Waals surface area contributed by atoms with Gasteiger partial charge in [-0.2, -0.15) is 0 Å². The van der Waals surface area contributed by atoms with Crippen molar-refractivity contribution in [3.63, 3.8) is 0 Å². The first-order valence-corrected chi connectivity index (χ1v) is 6.95. The third-order valence-electron chi connectivity index (χ3n) is 3.25. The zero-order valence-electron chi connectivity index (χ0n) is 10.2. The molecule has 0 saturated carbocycles. The zero-order valence-corrected chi connectivity index (χ0v) is 11.8. The number of hydrogen-bond acceptors (Lipinski definition) is 3. The smallest absolute Gasteiger partial charge is 0.0595 e. The fraction of sp³-hybridized carbons (Fsp3) is 0.538. The van der Waals surface area contributed by atoms with Gasteiger partial charge < -0.3 is 10.5 Å². The van der Waals surface area contributed by atoms with Gasteiger partial charge in [-0.15, -0.1) is 0 Å². The average molecular weight is 289 g/mol. The van der Waals surface area contributed by atoms with Gasteiger partial charge in [-0.25, -0.2) is 0 Å². The van der Waals surface area contributed by atoms with Gasteiger partial charge in [-0.05, 0) is 24.1 Å². The van der Waals surface area contributed by atoms with E-state index in [0.717, 1.165) is 38.3 Å². The van der Waals surface area contributed by atoms with Crippen LogP contribution in [-0.2, 0) is 4.74 Å². The topological polar surface area (TPSA) is 38.5 Å². The minimum Gasteiger partial charge on any atom is -0.380 e. The fourth-order valence-electron chi connectivity index (χ4n) is 2.29. The second-order valence-corrected chi connectivity index (χ2v) is 5.24. The van der Waals surface area contributed by atoms with Crippen molar-refractivity contribution >= 4 is 23.2 Å². The first-order chi connectivity index (χ1) is 8.72. The molecule has 0 radical (unpaired) electrons. The summed E-state index contributed by atoms with van der Waals surface area (Å²) in [4.78, 5) is 2.35. The molecule has 1 unspecified atom stereocenters. The highest BCUT2D eigenvalue weighted by molar-refractivity contribution is 6.42. The molecule has 1 atom stereocenters. The lowest BCUT2D eigenvalue weighted by atomic mass is 10.1. The fourth-order valence-corrected chi connectivity index (χ4v) is 2.60. The van der Waals surface area contributed by atoms with Crippen LogP contribution < -0.4 is 5.73 Å². The van der Waals surface area contributed by atoms with Crippen LogP contribution in [0.4, 0.5) is 0 Å². The number of hydrogen-bond donors (Lipinski definition) is 1. The van der Waals surface area contributed by atoms with Crippen LogP contribution in [0, 0.1) is 0 Å². The SMILES string of the molecule is NCC(c1ccc(Cl)c(Cl)c1)N1CCCOCC1. The highest BCUT2D eigenvalue weighted by Crippen LogP contribution is 2.28. The molecule has 2 N–H and O–H groups in total. The Morgan fingerprint density at radius 3 is 2.78 bits per heavy atom. The maximum Gasteiger partial charge on any atom is 0.0595 e. The Bertz CT molecular complexity index is 393. The summed E-state index contributed by atoms with van der Waals surface area (Å²) in [6, 6.07) is 5.92. The molecule has 1 aliphatic rings. The summed E-state index contributed by atoms with van der Waals surface area (Å²) in [5.74, 6) is 0. The first-order valence-electron chi connectivity index (χ1n) is 6.19. The summed E-state index contributed by atoms with van der Waals surface area (Å²) in [5.41, 5.74) is 7.04. The van der Waals surface area contributed by atoms with E-state index < -0.39 is 0 Å². The molecule has 1 aromatic rings. The Morgan fingerprint density at radius 2 is 2.06 bits per heavy atom. The van der Waals surface area contributed by atoms with Crippen molar-refractivity contribution in [1.82, 2.24) is 4.90 Å². The molecule has 1 saturated heterocycles. The lowest BCUT2D eigenvalue weighted by Gasteiger charge is -2.29. The van der Waals surface area contributed by atoms with Gasteiger partial charge in [0.05, 0.1) is 16.7 Å². The number of halogens is 2. The Kier molecular flexibility index (Phi) is 5.27. The summed E-state index contributed by atoms with van der Waals surface area (Å²) >= 11 is 12.0. The summed E-state index contributed by atoms with van der Waals surface area (Å²) < 4.78 is 5.47. The van der Waals surface area contributed by atoms with Gasteiger partial charge in [0.1, 0.15) is 0 Å². The Labute approximate surface area is 118 Å². The normalized spacial score (nSPS) is 19.5. The number of benzene rings is 1. The second-order valence-electron chi connectivity index (χ2n) is 4.43. The van der Waals surface area contributed by atoms with Crippen molar-refractivity contribution in [2.75, 3.05) is 32.8 Å². The molecule has 1 aliphatic heterocycles. The first kappa shape index (κ1) is 14.1. The molecule has 100 valence electrons. The number of nitrogens with zero attached hydrogens (tertiary/aromatic N) is 1. The lowest BCUT2D eigenvalue weighted by Crippen LogP contribution is -2.35. The molecule has 5 heteroatoms. The monoisotopic (exact) mass is 288 g/mol. The van der Waals surface area contributed by atoms with E-state index in [4.69, 9.17) is 33.7 Å². The van der Waals surface area contributed by atoms with Gasteiger partial charge in [0.25, 0.3) is 0 Å². The van der Waals surface area contributed by atoms with Crippen LogP contribution in [0.5, 0.6) is 0 Å². The van der Waals surface area contributed by atoms with Gasteiger partial charge in [-0.3, -0.25) is 4.90 Å². The van der Waals surface area contributed by atoms with Crippen molar-refractivity contribution in [3.8, 4) is 0 Å². The summed E-state index contributed by atoms with van der Waals surface area (Å²) in [6.07, 6.45) is 1.04. The summed E-state index contributed by atoms with van der Waals surface area (Å²) in [7, 11) is 0. The van der Waals surface area contributed by atoms with Gasteiger partial charge in [0.15, 0.2) is 0 Å². The Hall–Kier alpha value is -0.320. The van der Waals surface area contributed by atoms with Crippen LogP contribution in [0.15, 0.2) is 18.2 Å². The van der Waals surface area contributed by atoms with Crippen molar-refractivity contribution in [2.24, 2.45) is 5.73 Å². The number of rotatable bonds is 3. The third-order valence-corrected chi connectivity index (χ3v) is 3.99. The van der Waals surface area contributed by atoms with Gasteiger partial charge >= 0.3 is 0 Å². The van der Waals surface area contributed by atoms with Crippen LogP contribution in [0.3, 0.4) is 0 Å². The highest BCUT2D eigenvalue weighted by atomic mass is 35.5. The van der Waals surface area contributed by atoms with E-state index in [1.165, 1.54) is 0 Å². The van der Waals surface area contributed by atoms with Gasteiger partial charge in [-0.1, -0.05) is 29.3 Å². The van der Waals surface area contributed by atoms with Crippen molar-refractivity contribution in [2.45, 2.75) is 12.5 Å². The number of nitrogens with two attached hydrogens (primary N) is 1. The molecule has 1 fully saturated rings. The predicted molar refractivity (Wildman–Crippen MR) is 75.3 cm³/mol. The van der Waals surface area contributed by atoms with Crippen LogP contribution in [0.1, 0.15) is 18.0 Å². The molecular weight excluding hydrogens is 271 g/mol. The van der Waals surface area contributed by atoms with E-state index in [9.17, 15) is 0 Å². The van der Waals surface area contributed by atoms with Crippen molar-refractivity contribution in [1.29, 1.82) is 0 Å². The maximum atomic E-state index is 6.07. The number of ether oxygens (including phenoxy) is 1. The molecule has 3 nitrogen and oxygen atoms in total. The van der Waals surface area contributed by atoms with Gasteiger partial charge in [0.2, 0.25) is 0 Å². The van der Waals surface area contributed by atoms with Crippen LogP contribution in [-0.4, -0.2) is 37.7 Å².